The normalized spacial score (nSPS) is 10.7. The zero-order valence-corrected chi connectivity index (χ0v) is 9.77. The minimum atomic E-state index is -0.811. The Bertz CT molecular complexity index is 507. The summed E-state index contributed by atoms with van der Waals surface area (Å²) in [6, 6.07) is 6.11. The van der Waals surface area contributed by atoms with Crippen LogP contribution in [0.5, 0.6) is 0 Å². The van der Waals surface area contributed by atoms with Crippen molar-refractivity contribution in [2.75, 3.05) is 6.26 Å². The van der Waals surface area contributed by atoms with Gasteiger partial charge in [0.05, 0.1) is 0 Å². The van der Waals surface area contributed by atoms with E-state index in [1.54, 1.807) is 27.7 Å². The van der Waals surface area contributed by atoms with Gasteiger partial charge in [0.15, 0.2) is 0 Å². The molecule has 1 aromatic carbocycles. The van der Waals surface area contributed by atoms with Crippen molar-refractivity contribution in [1.29, 1.82) is 0 Å². The number of carboxylic acids is 1. The van der Waals surface area contributed by atoms with Crippen LogP contribution in [0.2, 0.25) is 0 Å². The maximum Gasteiger partial charge on any atom is 0.370 e. The van der Waals surface area contributed by atoms with Gasteiger partial charge in [-0.05, 0) is 18.4 Å². The number of nitrogens with zero attached hydrogens (tertiary/aromatic N) is 1. The number of rotatable bonds is 3. The number of carbonyl (C=O) groups is 1. The van der Waals surface area contributed by atoms with E-state index in [0.29, 0.717) is 0 Å². The van der Waals surface area contributed by atoms with Gasteiger partial charge in [-0.25, -0.2) is 4.79 Å². The molecule has 78 valence electrons. The molecule has 0 aliphatic heterocycles. The molecule has 0 fully saturated rings. The molecule has 0 bridgehead atoms. The van der Waals surface area contributed by atoms with Crippen molar-refractivity contribution in [1.82, 2.24) is 0 Å². The summed E-state index contributed by atoms with van der Waals surface area (Å²) in [5, 5.41) is 8.75. The number of hydrogen-bond acceptors (Lipinski definition) is 3. The van der Waals surface area contributed by atoms with Crippen LogP contribution in [0, 0.1) is 0 Å². The molecule has 1 aromatic heterocycles. The average Bonchev–Trinajstić information content (AvgIpc) is 2.60. The molecule has 5 heteroatoms. The van der Waals surface area contributed by atoms with Gasteiger partial charge in [-0.2, -0.15) is 4.57 Å². The van der Waals surface area contributed by atoms with Crippen molar-refractivity contribution < 1.29 is 14.5 Å². The first-order valence-electron chi connectivity index (χ1n) is 4.37. The van der Waals surface area contributed by atoms with E-state index >= 15 is 0 Å². The van der Waals surface area contributed by atoms with E-state index in [-0.39, 0.29) is 6.54 Å². The van der Waals surface area contributed by atoms with Gasteiger partial charge in [-0.3, -0.25) is 0 Å². The zero-order valence-electron chi connectivity index (χ0n) is 8.14. The second-order valence-electron chi connectivity index (χ2n) is 3.08. The lowest BCUT2D eigenvalue weighted by Gasteiger charge is -1.94. The SMILES string of the molecule is CSc1ccc2sc[n+](CC(=O)O)c2c1. The Morgan fingerprint density at radius 1 is 1.60 bits per heavy atom. The minimum absolute atomic E-state index is 0.0256. The highest BCUT2D eigenvalue weighted by atomic mass is 32.2. The van der Waals surface area contributed by atoms with Crippen LogP contribution in [0.15, 0.2) is 28.6 Å². The summed E-state index contributed by atoms with van der Waals surface area (Å²) < 4.78 is 2.89. The molecule has 2 aromatic rings. The summed E-state index contributed by atoms with van der Waals surface area (Å²) in [5.74, 6) is -0.811. The van der Waals surface area contributed by atoms with Crippen molar-refractivity contribution in [2.24, 2.45) is 0 Å². The van der Waals surface area contributed by atoms with Crippen molar-refractivity contribution >= 4 is 39.3 Å². The summed E-state index contributed by atoms with van der Waals surface area (Å²) in [7, 11) is 0. The molecule has 0 aliphatic carbocycles. The molecule has 3 nitrogen and oxygen atoms in total. The van der Waals surface area contributed by atoms with Gasteiger partial charge < -0.3 is 5.11 Å². The lowest BCUT2D eigenvalue weighted by atomic mass is 10.3. The topological polar surface area (TPSA) is 41.2 Å². The van der Waals surface area contributed by atoms with E-state index in [1.807, 2.05) is 23.9 Å². The Morgan fingerprint density at radius 2 is 2.40 bits per heavy atom. The van der Waals surface area contributed by atoms with Crippen LogP contribution in [0.1, 0.15) is 0 Å². The fourth-order valence-corrected chi connectivity index (χ4v) is 2.70. The fraction of sp³-hybridized carbons (Fsp3) is 0.200. The maximum atomic E-state index is 10.6. The smallest absolute Gasteiger partial charge is 0.370 e. The summed E-state index contributed by atoms with van der Waals surface area (Å²) in [5.41, 5.74) is 2.84. The highest BCUT2D eigenvalue weighted by Gasteiger charge is 2.15. The Hall–Kier alpha value is -1.07. The molecule has 15 heavy (non-hydrogen) atoms. The third kappa shape index (κ3) is 2.13. The quantitative estimate of drug-likeness (QED) is 0.659. The second-order valence-corrected chi connectivity index (χ2v) is 4.84. The maximum absolute atomic E-state index is 10.6. The van der Waals surface area contributed by atoms with Crippen molar-refractivity contribution in [3.63, 3.8) is 0 Å². The summed E-state index contributed by atoms with van der Waals surface area (Å²) >= 11 is 3.22. The highest BCUT2D eigenvalue weighted by molar-refractivity contribution is 7.98. The van der Waals surface area contributed by atoms with Crippen molar-refractivity contribution in [3.05, 3.63) is 23.7 Å². The number of thiazole rings is 1. The van der Waals surface area contributed by atoms with E-state index in [4.69, 9.17) is 5.11 Å². The molecule has 0 amide bonds. The second kappa shape index (κ2) is 4.20. The van der Waals surface area contributed by atoms with E-state index in [0.717, 1.165) is 15.1 Å². The molecule has 0 radical (unpaired) electrons. The van der Waals surface area contributed by atoms with E-state index in [2.05, 4.69) is 6.07 Å². The number of benzene rings is 1. The molecule has 0 spiro atoms. The third-order valence-corrected chi connectivity index (χ3v) is 3.77. The first-order valence-corrected chi connectivity index (χ1v) is 6.47. The van der Waals surface area contributed by atoms with Crippen LogP contribution in [-0.2, 0) is 11.3 Å². The summed E-state index contributed by atoms with van der Waals surface area (Å²) in [4.78, 5) is 11.8. The number of aromatic nitrogens is 1. The molecule has 2 rings (SSSR count). The van der Waals surface area contributed by atoms with Gasteiger partial charge in [0.1, 0.15) is 4.70 Å². The predicted molar refractivity (Wildman–Crippen MR) is 61.4 cm³/mol. The number of carboxylic acid groups (broad SMARTS) is 1. The van der Waals surface area contributed by atoms with Gasteiger partial charge in [-0.15, -0.1) is 11.8 Å². The predicted octanol–water partition coefficient (Wildman–Crippen LogP) is 2.00. The van der Waals surface area contributed by atoms with Crippen LogP contribution < -0.4 is 4.57 Å². The number of fused-ring (bicyclic) bond motifs is 1. The molecule has 0 aliphatic rings. The van der Waals surface area contributed by atoms with Crippen LogP contribution in [0.4, 0.5) is 0 Å². The molecule has 0 unspecified atom stereocenters. The Kier molecular flexibility index (Phi) is 2.93. The van der Waals surface area contributed by atoms with Crippen LogP contribution in [0.25, 0.3) is 10.2 Å². The van der Waals surface area contributed by atoms with Crippen LogP contribution in [-0.4, -0.2) is 17.3 Å². The lowest BCUT2D eigenvalue weighted by molar-refractivity contribution is -0.655. The van der Waals surface area contributed by atoms with Gasteiger partial charge in [0.25, 0.3) is 0 Å². The van der Waals surface area contributed by atoms with Crippen molar-refractivity contribution in [2.45, 2.75) is 11.4 Å². The van der Waals surface area contributed by atoms with E-state index < -0.39 is 5.97 Å². The van der Waals surface area contributed by atoms with Gasteiger partial charge in [0, 0.05) is 11.0 Å². The number of thioether (sulfide) groups is 1. The minimum Gasteiger partial charge on any atom is -0.477 e. The number of aliphatic carboxylic acids is 1. The first-order chi connectivity index (χ1) is 7.20. The van der Waals surface area contributed by atoms with Crippen LogP contribution in [0.3, 0.4) is 0 Å². The average molecular weight is 240 g/mol. The third-order valence-electron chi connectivity index (χ3n) is 2.09. The molecule has 0 atom stereocenters. The molecular formula is C10H10NO2S2+. The molecule has 1 N–H and O–H groups in total. The largest absolute Gasteiger partial charge is 0.477 e. The Balaban J connectivity index is 2.51. The van der Waals surface area contributed by atoms with E-state index in [1.165, 1.54) is 0 Å². The summed E-state index contributed by atoms with van der Waals surface area (Å²) in [6.45, 7) is 0.0256. The monoisotopic (exact) mass is 240 g/mol. The Labute approximate surface area is 95.4 Å². The number of hydrogen-bond donors (Lipinski definition) is 1. The highest BCUT2D eigenvalue weighted by Crippen LogP contribution is 2.22. The van der Waals surface area contributed by atoms with Gasteiger partial charge >= 0.3 is 5.97 Å². The lowest BCUT2D eigenvalue weighted by Crippen LogP contribution is -2.35. The molecule has 0 saturated heterocycles. The molecular weight excluding hydrogens is 230 g/mol. The standard InChI is InChI=1S/C10H9NO2S2/c1-14-7-2-3-9-8(4-7)11(6-15-9)5-10(12)13/h2-4,6H,5H2,1H3/p+1. The van der Waals surface area contributed by atoms with Crippen LogP contribution >= 0.6 is 23.1 Å². The van der Waals surface area contributed by atoms with Crippen molar-refractivity contribution in [3.8, 4) is 0 Å². The first kappa shape index (κ1) is 10.4. The zero-order chi connectivity index (χ0) is 10.8. The Morgan fingerprint density at radius 3 is 3.07 bits per heavy atom. The summed E-state index contributed by atoms with van der Waals surface area (Å²) in [6.07, 6.45) is 2.01. The molecule has 1 heterocycles. The fourth-order valence-electron chi connectivity index (χ4n) is 1.39. The van der Waals surface area contributed by atoms with E-state index in [9.17, 15) is 4.79 Å². The van der Waals surface area contributed by atoms with Gasteiger partial charge in [0.2, 0.25) is 17.6 Å². The molecule has 0 saturated carbocycles. The van der Waals surface area contributed by atoms with Gasteiger partial charge in [-0.1, -0.05) is 11.3 Å².